The first-order chi connectivity index (χ1) is 12.8. The molecule has 6 heteroatoms. The Morgan fingerprint density at radius 2 is 1.92 bits per heavy atom. The van der Waals surface area contributed by atoms with Crippen LogP contribution < -0.4 is 4.74 Å². The van der Waals surface area contributed by atoms with Crippen LogP contribution in [0.5, 0.6) is 5.75 Å². The van der Waals surface area contributed by atoms with Gasteiger partial charge in [-0.2, -0.15) is 23.5 Å². The zero-order valence-electron chi connectivity index (χ0n) is 15.8. The van der Waals surface area contributed by atoms with E-state index in [2.05, 4.69) is 51.5 Å². The molecule has 0 saturated carbocycles. The average Bonchev–Trinajstić information content (AvgIpc) is 2.94. The van der Waals surface area contributed by atoms with Crippen LogP contribution in [-0.4, -0.2) is 82.8 Å². The van der Waals surface area contributed by atoms with Crippen molar-refractivity contribution in [1.29, 1.82) is 0 Å². The summed E-state index contributed by atoms with van der Waals surface area (Å²) in [6.07, 6.45) is 0.848. The number of hydrogen-bond acceptors (Lipinski definition) is 6. The monoisotopic (exact) mass is 396 g/mol. The third kappa shape index (κ3) is 5.55. The highest BCUT2D eigenvalue weighted by Gasteiger charge is 2.31. The molecule has 2 fully saturated rings. The van der Waals surface area contributed by atoms with Gasteiger partial charge in [-0.25, -0.2) is 0 Å². The number of hydrogen-bond donors (Lipinski definition) is 1. The van der Waals surface area contributed by atoms with Crippen LogP contribution in [0.1, 0.15) is 18.9 Å². The van der Waals surface area contributed by atoms with Crippen molar-refractivity contribution < 1.29 is 9.84 Å². The van der Waals surface area contributed by atoms with Crippen molar-refractivity contribution >= 4 is 23.5 Å². The van der Waals surface area contributed by atoms with Crippen molar-refractivity contribution in [3.8, 4) is 5.75 Å². The number of piperazine rings is 1. The SMILES string of the molecule is CCOc1ccccc1CN1CCN(C2CSCCSC2)CC1CCO. The van der Waals surface area contributed by atoms with Gasteiger partial charge in [-0.3, -0.25) is 9.80 Å². The fourth-order valence-electron chi connectivity index (χ4n) is 3.84. The Morgan fingerprint density at radius 3 is 2.65 bits per heavy atom. The van der Waals surface area contributed by atoms with Crippen LogP contribution in [0.3, 0.4) is 0 Å². The van der Waals surface area contributed by atoms with Crippen molar-refractivity contribution in [1.82, 2.24) is 9.80 Å². The molecule has 0 spiro atoms. The van der Waals surface area contributed by atoms with Crippen LogP contribution in [-0.2, 0) is 6.54 Å². The lowest BCUT2D eigenvalue weighted by Crippen LogP contribution is -2.56. The summed E-state index contributed by atoms with van der Waals surface area (Å²) in [6.45, 7) is 7.17. The largest absolute Gasteiger partial charge is 0.494 e. The zero-order chi connectivity index (χ0) is 18.2. The Balaban J connectivity index is 1.65. The highest BCUT2D eigenvalue weighted by Crippen LogP contribution is 2.26. The molecule has 2 heterocycles. The molecule has 1 unspecified atom stereocenters. The van der Waals surface area contributed by atoms with Gasteiger partial charge in [0.2, 0.25) is 0 Å². The number of aliphatic hydroxyl groups excluding tert-OH is 1. The molecule has 0 bridgehead atoms. The number of para-hydroxylation sites is 1. The lowest BCUT2D eigenvalue weighted by molar-refractivity contribution is 0.0402. The van der Waals surface area contributed by atoms with Gasteiger partial charge in [0.15, 0.2) is 0 Å². The first kappa shape index (κ1) is 20.3. The summed E-state index contributed by atoms with van der Waals surface area (Å²) < 4.78 is 5.81. The minimum atomic E-state index is 0.260. The third-order valence-corrected chi connectivity index (χ3v) is 7.74. The molecule has 1 aromatic rings. The summed E-state index contributed by atoms with van der Waals surface area (Å²) in [6, 6.07) is 9.48. The molecule has 2 aliphatic heterocycles. The van der Waals surface area contributed by atoms with Crippen LogP contribution in [0.2, 0.25) is 0 Å². The summed E-state index contributed by atoms with van der Waals surface area (Å²) in [5.74, 6) is 6.08. The number of rotatable bonds is 7. The van der Waals surface area contributed by atoms with E-state index in [0.717, 1.165) is 38.3 Å². The smallest absolute Gasteiger partial charge is 0.123 e. The molecular formula is C20H32N2O2S2. The molecule has 1 atom stereocenters. The molecule has 0 aromatic heterocycles. The number of thioether (sulfide) groups is 2. The average molecular weight is 397 g/mol. The summed E-state index contributed by atoms with van der Waals surface area (Å²) in [5, 5.41) is 9.60. The van der Waals surface area contributed by atoms with Crippen LogP contribution in [0.4, 0.5) is 0 Å². The molecule has 0 aliphatic carbocycles. The van der Waals surface area contributed by atoms with Crippen molar-refractivity contribution in [3.05, 3.63) is 29.8 Å². The molecule has 1 aromatic carbocycles. The van der Waals surface area contributed by atoms with E-state index in [1.165, 1.54) is 28.6 Å². The number of ether oxygens (including phenoxy) is 1. The maximum atomic E-state index is 9.60. The summed E-state index contributed by atoms with van der Waals surface area (Å²) >= 11 is 4.20. The van der Waals surface area contributed by atoms with Crippen LogP contribution >= 0.6 is 23.5 Å². The Bertz CT molecular complexity index is 538. The van der Waals surface area contributed by atoms with E-state index in [9.17, 15) is 5.11 Å². The van der Waals surface area contributed by atoms with Gasteiger partial charge >= 0.3 is 0 Å². The van der Waals surface area contributed by atoms with Gasteiger partial charge in [-0.05, 0) is 19.4 Å². The Morgan fingerprint density at radius 1 is 1.15 bits per heavy atom. The Hall–Kier alpha value is -0.400. The van der Waals surface area contributed by atoms with E-state index >= 15 is 0 Å². The first-order valence-electron chi connectivity index (χ1n) is 9.77. The van der Waals surface area contributed by atoms with E-state index in [4.69, 9.17) is 4.74 Å². The van der Waals surface area contributed by atoms with Gasteiger partial charge < -0.3 is 9.84 Å². The van der Waals surface area contributed by atoms with Gasteiger partial charge in [0.25, 0.3) is 0 Å². The zero-order valence-corrected chi connectivity index (χ0v) is 17.4. The molecule has 0 radical (unpaired) electrons. The van der Waals surface area contributed by atoms with Crippen molar-refractivity contribution in [2.24, 2.45) is 0 Å². The quantitative estimate of drug-likeness (QED) is 0.764. The second kappa shape index (κ2) is 10.8. The number of benzene rings is 1. The predicted molar refractivity (Wildman–Crippen MR) is 114 cm³/mol. The normalized spacial score (nSPS) is 23.7. The summed E-state index contributed by atoms with van der Waals surface area (Å²) in [5.41, 5.74) is 1.26. The van der Waals surface area contributed by atoms with Crippen molar-refractivity contribution in [2.75, 3.05) is 55.9 Å². The molecule has 4 nitrogen and oxygen atoms in total. The maximum Gasteiger partial charge on any atom is 0.123 e. The summed E-state index contributed by atoms with van der Waals surface area (Å²) in [7, 11) is 0. The van der Waals surface area contributed by atoms with Crippen molar-refractivity contribution in [2.45, 2.75) is 32.0 Å². The minimum Gasteiger partial charge on any atom is -0.494 e. The van der Waals surface area contributed by atoms with E-state index in [1.807, 2.05) is 13.0 Å². The van der Waals surface area contributed by atoms with Gasteiger partial charge in [0, 0.05) is 73.4 Å². The Labute approximate surface area is 166 Å². The topological polar surface area (TPSA) is 35.9 Å². The number of aliphatic hydroxyl groups is 1. The van der Waals surface area contributed by atoms with Gasteiger partial charge in [0.05, 0.1) is 6.61 Å². The van der Waals surface area contributed by atoms with Crippen LogP contribution in [0.25, 0.3) is 0 Å². The lowest BCUT2D eigenvalue weighted by atomic mass is 10.1. The summed E-state index contributed by atoms with van der Waals surface area (Å²) in [4.78, 5) is 5.22. The van der Waals surface area contributed by atoms with Crippen molar-refractivity contribution in [3.63, 3.8) is 0 Å². The second-order valence-electron chi connectivity index (χ2n) is 6.98. The molecule has 1 N–H and O–H groups in total. The highest BCUT2D eigenvalue weighted by atomic mass is 32.2. The molecule has 2 aliphatic rings. The molecular weight excluding hydrogens is 364 g/mol. The fourth-order valence-corrected chi connectivity index (χ4v) is 6.47. The molecule has 0 amide bonds. The molecule has 26 heavy (non-hydrogen) atoms. The molecule has 146 valence electrons. The van der Waals surface area contributed by atoms with E-state index in [-0.39, 0.29) is 6.61 Å². The van der Waals surface area contributed by atoms with Gasteiger partial charge in [-0.1, -0.05) is 18.2 Å². The standard InChI is InChI=1S/C20H32N2O2S2/c1-2-24-20-6-4-3-5-17(20)13-21-8-9-22(14-18(21)7-10-23)19-15-25-11-12-26-16-19/h3-6,18-19,23H,2,7-16H2,1H3. The van der Waals surface area contributed by atoms with E-state index in [1.54, 1.807) is 0 Å². The number of nitrogens with zero attached hydrogens (tertiary/aromatic N) is 2. The van der Waals surface area contributed by atoms with E-state index in [0.29, 0.717) is 18.7 Å². The Kier molecular flexibility index (Phi) is 8.46. The van der Waals surface area contributed by atoms with Gasteiger partial charge in [0.1, 0.15) is 5.75 Å². The van der Waals surface area contributed by atoms with E-state index < -0.39 is 0 Å². The van der Waals surface area contributed by atoms with Crippen LogP contribution in [0, 0.1) is 0 Å². The predicted octanol–water partition coefficient (Wildman–Crippen LogP) is 2.80. The minimum absolute atomic E-state index is 0.260. The lowest BCUT2D eigenvalue weighted by Gasteiger charge is -2.44. The van der Waals surface area contributed by atoms with Gasteiger partial charge in [-0.15, -0.1) is 0 Å². The first-order valence-corrected chi connectivity index (χ1v) is 12.1. The maximum absolute atomic E-state index is 9.60. The molecule has 3 rings (SSSR count). The second-order valence-corrected chi connectivity index (χ2v) is 9.28. The highest BCUT2D eigenvalue weighted by molar-refractivity contribution is 8.03. The fraction of sp³-hybridized carbons (Fsp3) is 0.700. The van der Waals surface area contributed by atoms with Crippen LogP contribution in [0.15, 0.2) is 24.3 Å². The molecule has 2 saturated heterocycles. The third-order valence-electron chi connectivity index (χ3n) is 5.25.